The van der Waals surface area contributed by atoms with Crippen LogP contribution >= 0.6 is 0 Å². The largest absolute Gasteiger partial charge is 0.338 e. The van der Waals surface area contributed by atoms with Crippen molar-refractivity contribution in [1.82, 2.24) is 0 Å². The molecule has 1 heteroatoms. The number of aryl methyl sites for hydroxylation is 1. The molecule has 2 aromatic rings. The highest BCUT2D eigenvalue weighted by Crippen LogP contribution is 2.44. The Morgan fingerprint density at radius 1 is 0.889 bits per heavy atom. The van der Waals surface area contributed by atoms with Crippen LogP contribution in [0.4, 0.5) is 11.4 Å². The molecule has 0 amide bonds. The third-order valence-corrected chi connectivity index (χ3v) is 4.13. The predicted octanol–water partition coefficient (Wildman–Crippen LogP) is 4.64. The summed E-state index contributed by atoms with van der Waals surface area (Å²) in [6, 6.07) is 18.1. The maximum Gasteiger partial charge on any atom is 0.0449 e. The van der Waals surface area contributed by atoms with E-state index in [0.717, 1.165) is 0 Å². The normalized spacial score (nSPS) is 22.1. The minimum atomic E-state index is 0.519. The molecule has 0 aliphatic carbocycles. The van der Waals surface area contributed by atoms with E-state index in [9.17, 15) is 0 Å². The topological polar surface area (TPSA) is 3.24 Å². The summed E-state index contributed by atoms with van der Waals surface area (Å²) < 4.78 is 0. The number of anilines is 2. The van der Waals surface area contributed by atoms with Gasteiger partial charge in [0.15, 0.2) is 0 Å². The third-order valence-electron chi connectivity index (χ3n) is 4.13. The summed E-state index contributed by atoms with van der Waals surface area (Å²) in [5.41, 5.74) is 5.43. The zero-order valence-corrected chi connectivity index (χ0v) is 11.2. The van der Waals surface area contributed by atoms with Crippen molar-refractivity contribution in [3.05, 3.63) is 59.7 Å². The molecular weight excluding hydrogens is 218 g/mol. The van der Waals surface area contributed by atoms with Gasteiger partial charge in [0.25, 0.3) is 0 Å². The maximum atomic E-state index is 2.46. The van der Waals surface area contributed by atoms with Gasteiger partial charge in [0.1, 0.15) is 0 Å². The zero-order chi connectivity index (χ0) is 12.7. The summed E-state index contributed by atoms with van der Waals surface area (Å²) in [5, 5.41) is 0. The molecule has 92 valence electrons. The van der Waals surface area contributed by atoms with E-state index in [1.807, 2.05) is 0 Å². The maximum absolute atomic E-state index is 2.46. The van der Waals surface area contributed by atoms with Gasteiger partial charge in [0, 0.05) is 23.3 Å². The number of fused-ring (bicyclic) bond motifs is 1. The second-order valence-electron chi connectivity index (χ2n) is 5.29. The summed E-state index contributed by atoms with van der Waals surface area (Å²) in [7, 11) is 0. The van der Waals surface area contributed by atoms with Crippen molar-refractivity contribution in [2.45, 2.75) is 32.7 Å². The monoisotopic (exact) mass is 237 g/mol. The minimum Gasteiger partial charge on any atom is -0.338 e. The average molecular weight is 237 g/mol. The fourth-order valence-electron chi connectivity index (χ4n) is 2.87. The molecule has 1 nitrogen and oxygen atoms in total. The summed E-state index contributed by atoms with van der Waals surface area (Å²) in [6.07, 6.45) is 0. The number of rotatable bonds is 1. The van der Waals surface area contributed by atoms with Gasteiger partial charge in [0.05, 0.1) is 0 Å². The van der Waals surface area contributed by atoms with E-state index >= 15 is 0 Å². The van der Waals surface area contributed by atoms with E-state index < -0.39 is 0 Å². The molecule has 3 rings (SSSR count). The summed E-state index contributed by atoms with van der Waals surface area (Å²) in [4.78, 5) is 2.46. The van der Waals surface area contributed by atoms with Gasteiger partial charge >= 0.3 is 0 Å². The number of hydrogen-bond donors (Lipinski definition) is 0. The fourth-order valence-corrected chi connectivity index (χ4v) is 2.87. The Morgan fingerprint density at radius 3 is 2.28 bits per heavy atom. The van der Waals surface area contributed by atoms with Gasteiger partial charge in [-0.25, -0.2) is 0 Å². The standard InChI is InChI=1S/C17H19N/c1-12-8-10-15(11-9-12)18-14(3)13(2)16-6-4-5-7-17(16)18/h4-11,13-14H,1-3H3. The molecule has 0 saturated heterocycles. The van der Waals surface area contributed by atoms with E-state index in [1.165, 1.54) is 22.5 Å². The van der Waals surface area contributed by atoms with Crippen LogP contribution in [0.5, 0.6) is 0 Å². The molecule has 2 unspecified atom stereocenters. The Labute approximate surface area is 109 Å². The molecule has 0 radical (unpaired) electrons. The molecule has 1 aliphatic heterocycles. The van der Waals surface area contributed by atoms with Crippen LogP contribution in [0.2, 0.25) is 0 Å². The van der Waals surface area contributed by atoms with Crippen LogP contribution in [-0.2, 0) is 0 Å². The van der Waals surface area contributed by atoms with Crippen molar-refractivity contribution in [3.63, 3.8) is 0 Å². The van der Waals surface area contributed by atoms with Gasteiger partial charge in [-0.2, -0.15) is 0 Å². The van der Waals surface area contributed by atoms with Gasteiger partial charge in [-0.1, -0.05) is 42.8 Å². The first-order valence-corrected chi connectivity index (χ1v) is 6.63. The fraction of sp³-hybridized carbons (Fsp3) is 0.294. The van der Waals surface area contributed by atoms with Crippen LogP contribution in [0, 0.1) is 6.92 Å². The Bertz CT molecular complexity index is 556. The molecule has 18 heavy (non-hydrogen) atoms. The van der Waals surface area contributed by atoms with Crippen molar-refractivity contribution in [2.24, 2.45) is 0 Å². The van der Waals surface area contributed by atoms with Crippen molar-refractivity contribution in [1.29, 1.82) is 0 Å². The minimum absolute atomic E-state index is 0.519. The lowest BCUT2D eigenvalue weighted by Gasteiger charge is -2.26. The van der Waals surface area contributed by atoms with Crippen molar-refractivity contribution in [2.75, 3.05) is 4.90 Å². The second kappa shape index (κ2) is 4.16. The Hall–Kier alpha value is -1.76. The van der Waals surface area contributed by atoms with Crippen LogP contribution in [0.15, 0.2) is 48.5 Å². The first-order valence-electron chi connectivity index (χ1n) is 6.63. The number of para-hydroxylation sites is 1. The molecule has 0 N–H and O–H groups in total. The SMILES string of the molecule is Cc1ccc(N2c3ccccc3C(C)C2C)cc1. The summed E-state index contributed by atoms with van der Waals surface area (Å²) in [6.45, 7) is 6.76. The van der Waals surface area contributed by atoms with E-state index in [-0.39, 0.29) is 0 Å². The zero-order valence-electron chi connectivity index (χ0n) is 11.2. The molecule has 0 saturated carbocycles. The Balaban J connectivity index is 2.10. The van der Waals surface area contributed by atoms with E-state index in [1.54, 1.807) is 0 Å². The van der Waals surface area contributed by atoms with Crippen LogP contribution in [-0.4, -0.2) is 6.04 Å². The lowest BCUT2D eigenvalue weighted by molar-refractivity contribution is 0.642. The lowest BCUT2D eigenvalue weighted by Crippen LogP contribution is -2.25. The van der Waals surface area contributed by atoms with E-state index in [4.69, 9.17) is 0 Å². The quantitative estimate of drug-likeness (QED) is 0.698. The van der Waals surface area contributed by atoms with E-state index in [0.29, 0.717) is 12.0 Å². The van der Waals surface area contributed by atoms with Crippen molar-refractivity contribution in [3.8, 4) is 0 Å². The van der Waals surface area contributed by atoms with Crippen LogP contribution in [0.25, 0.3) is 0 Å². The van der Waals surface area contributed by atoms with Crippen molar-refractivity contribution >= 4 is 11.4 Å². The molecule has 1 aliphatic rings. The van der Waals surface area contributed by atoms with Gasteiger partial charge in [-0.05, 0) is 37.6 Å². The highest BCUT2D eigenvalue weighted by Gasteiger charge is 2.32. The average Bonchev–Trinajstić information content (AvgIpc) is 2.64. The Kier molecular flexibility index (Phi) is 2.62. The number of benzene rings is 2. The van der Waals surface area contributed by atoms with Crippen LogP contribution < -0.4 is 4.90 Å². The molecule has 0 aromatic heterocycles. The van der Waals surface area contributed by atoms with Gasteiger partial charge in [-0.15, -0.1) is 0 Å². The molecule has 0 spiro atoms. The number of hydrogen-bond acceptors (Lipinski definition) is 1. The van der Waals surface area contributed by atoms with Gasteiger partial charge in [-0.3, -0.25) is 0 Å². The summed E-state index contributed by atoms with van der Waals surface area (Å²) >= 11 is 0. The summed E-state index contributed by atoms with van der Waals surface area (Å²) in [5.74, 6) is 0.586. The highest BCUT2D eigenvalue weighted by molar-refractivity contribution is 5.72. The molecule has 1 heterocycles. The smallest absolute Gasteiger partial charge is 0.0449 e. The first kappa shape index (κ1) is 11.3. The molecule has 0 bridgehead atoms. The second-order valence-corrected chi connectivity index (χ2v) is 5.29. The number of nitrogens with zero attached hydrogens (tertiary/aromatic N) is 1. The molecular formula is C17H19N. The van der Waals surface area contributed by atoms with Crippen LogP contribution in [0.1, 0.15) is 30.9 Å². The highest BCUT2D eigenvalue weighted by atomic mass is 15.2. The lowest BCUT2D eigenvalue weighted by atomic mass is 9.98. The van der Waals surface area contributed by atoms with Gasteiger partial charge in [0.2, 0.25) is 0 Å². The Morgan fingerprint density at radius 2 is 1.56 bits per heavy atom. The third kappa shape index (κ3) is 1.62. The van der Waals surface area contributed by atoms with E-state index in [2.05, 4.69) is 74.2 Å². The van der Waals surface area contributed by atoms with Crippen molar-refractivity contribution < 1.29 is 0 Å². The first-order chi connectivity index (χ1) is 8.68. The molecule has 2 aromatic carbocycles. The van der Waals surface area contributed by atoms with Crippen LogP contribution in [0.3, 0.4) is 0 Å². The molecule has 0 fully saturated rings. The van der Waals surface area contributed by atoms with Gasteiger partial charge < -0.3 is 4.90 Å². The molecule has 2 atom stereocenters. The predicted molar refractivity (Wildman–Crippen MR) is 77.6 cm³/mol.